The van der Waals surface area contributed by atoms with Gasteiger partial charge in [0.05, 0.1) is 12.6 Å². The molecule has 0 aromatic carbocycles. The van der Waals surface area contributed by atoms with E-state index in [4.69, 9.17) is 5.73 Å². The Morgan fingerprint density at radius 2 is 1.92 bits per heavy atom. The molecule has 1 unspecified atom stereocenters. The molecule has 0 spiro atoms. The number of methoxy groups -OCH3 is 1. The Kier molecular flexibility index (Phi) is 3.87. The van der Waals surface area contributed by atoms with Crippen LogP contribution in [0.15, 0.2) is 0 Å². The van der Waals surface area contributed by atoms with E-state index in [0.29, 0.717) is 0 Å². The van der Waals surface area contributed by atoms with E-state index >= 15 is 0 Å². The van der Waals surface area contributed by atoms with Crippen molar-refractivity contribution in [1.29, 1.82) is 0 Å². The minimum atomic E-state index is -0.909. The van der Waals surface area contributed by atoms with Gasteiger partial charge in [-0.25, -0.2) is 0 Å². The van der Waals surface area contributed by atoms with E-state index in [1.54, 1.807) is 20.8 Å². The zero-order chi connectivity index (χ0) is 10.6. The number of nitrogens with one attached hydrogen (secondary N) is 1. The maximum Gasteiger partial charge on any atom is 0.322 e. The van der Waals surface area contributed by atoms with Crippen molar-refractivity contribution < 1.29 is 14.3 Å². The minimum Gasteiger partial charge on any atom is -0.468 e. The van der Waals surface area contributed by atoms with Crippen LogP contribution in [0.5, 0.6) is 0 Å². The Morgan fingerprint density at radius 3 is 2.23 bits per heavy atom. The Balaban J connectivity index is 4.27. The first kappa shape index (κ1) is 11.9. The van der Waals surface area contributed by atoms with Gasteiger partial charge in [0.1, 0.15) is 6.04 Å². The molecule has 76 valence electrons. The highest BCUT2D eigenvalue weighted by atomic mass is 16.5. The number of carbonyl (C=O) groups is 2. The van der Waals surface area contributed by atoms with Crippen molar-refractivity contribution in [3.63, 3.8) is 0 Å². The van der Waals surface area contributed by atoms with Gasteiger partial charge in [-0.05, 0) is 20.8 Å². The van der Waals surface area contributed by atoms with Gasteiger partial charge in [0.15, 0.2) is 0 Å². The average Bonchev–Trinajstić information content (AvgIpc) is 2.01. The molecular weight excluding hydrogens is 172 g/mol. The SMILES string of the molecule is COC(=O)C(C)NC(C)(C)C(N)=O. The number of amides is 1. The first-order chi connectivity index (χ1) is 5.81. The summed E-state index contributed by atoms with van der Waals surface area (Å²) in [5.74, 6) is -0.933. The third-order valence-corrected chi connectivity index (χ3v) is 1.75. The molecule has 0 rings (SSSR count). The summed E-state index contributed by atoms with van der Waals surface area (Å²) in [5, 5.41) is 2.76. The Morgan fingerprint density at radius 1 is 1.46 bits per heavy atom. The molecule has 1 atom stereocenters. The van der Waals surface area contributed by atoms with Gasteiger partial charge in [0, 0.05) is 0 Å². The summed E-state index contributed by atoms with van der Waals surface area (Å²) in [6, 6.07) is -0.549. The molecular formula is C8H16N2O3. The second-order valence-corrected chi connectivity index (χ2v) is 3.38. The van der Waals surface area contributed by atoms with Crippen molar-refractivity contribution in [2.45, 2.75) is 32.4 Å². The second kappa shape index (κ2) is 4.23. The molecule has 0 radical (unpaired) electrons. The van der Waals surface area contributed by atoms with Crippen molar-refractivity contribution in [2.24, 2.45) is 5.73 Å². The van der Waals surface area contributed by atoms with Crippen molar-refractivity contribution in [1.82, 2.24) is 5.32 Å². The van der Waals surface area contributed by atoms with Crippen LogP contribution in [0, 0.1) is 0 Å². The Hall–Kier alpha value is -1.10. The van der Waals surface area contributed by atoms with Crippen molar-refractivity contribution in [3.05, 3.63) is 0 Å². The van der Waals surface area contributed by atoms with E-state index in [2.05, 4.69) is 10.1 Å². The minimum absolute atomic E-state index is 0.422. The number of ether oxygens (including phenoxy) is 1. The lowest BCUT2D eigenvalue weighted by molar-refractivity contribution is -0.143. The van der Waals surface area contributed by atoms with E-state index in [1.165, 1.54) is 7.11 Å². The molecule has 0 aliphatic heterocycles. The van der Waals surface area contributed by atoms with E-state index in [-0.39, 0.29) is 0 Å². The first-order valence-corrected chi connectivity index (χ1v) is 3.96. The highest BCUT2D eigenvalue weighted by molar-refractivity contribution is 5.85. The third kappa shape index (κ3) is 3.42. The molecule has 0 aliphatic carbocycles. The van der Waals surface area contributed by atoms with Crippen LogP contribution in [-0.4, -0.2) is 30.6 Å². The summed E-state index contributed by atoms with van der Waals surface area (Å²) < 4.78 is 4.48. The summed E-state index contributed by atoms with van der Waals surface area (Å²) in [6.07, 6.45) is 0. The molecule has 0 saturated carbocycles. The normalized spacial score (nSPS) is 13.5. The summed E-state index contributed by atoms with van der Waals surface area (Å²) in [4.78, 5) is 21.9. The van der Waals surface area contributed by atoms with Crippen LogP contribution in [0.4, 0.5) is 0 Å². The van der Waals surface area contributed by atoms with E-state index in [1.807, 2.05) is 0 Å². The number of hydrogen-bond donors (Lipinski definition) is 2. The molecule has 0 saturated heterocycles. The smallest absolute Gasteiger partial charge is 0.322 e. The van der Waals surface area contributed by atoms with Gasteiger partial charge in [-0.2, -0.15) is 0 Å². The van der Waals surface area contributed by atoms with Gasteiger partial charge >= 0.3 is 5.97 Å². The van der Waals surface area contributed by atoms with E-state index in [9.17, 15) is 9.59 Å². The molecule has 0 heterocycles. The maximum absolute atomic E-state index is 11.0. The molecule has 1 amide bonds. The van der Waals surface area contributed by atoms with Crippen LogP contribution in [0.2, 0.25) is 0 Å². The molecule has 0 aliphatic rings. The predicted molar refractivity (Wildman–Crippen MR) is 47.9 cm³/mol. The van der Waals surface area contributed by atoms with Crippen molar-refractivity contribution in [3.8, 4) is 0 Å². The molecule has 0 fully saturated rings. The molecule has 0 bridgehead atoms. The predicted octanol–water partition coefficient (Wildman–Crippen LogP) is -0.599. The number of esters is 1. The number of primary amides is 1. The van der Waals surface area contributed by atoms with Gasteiger partial charge in [-0.15, -0.1) is 0 Å². The van der Waals surface area contributed by atoms with E-state index in [0.717, 1.165) is 0 Å². The highest BCUT2D eigenvalue weighted by Crippen LogP contribution is 2.02. The fourth-order valence-electron chi connectivity index (χ4n) is 0.848. The highest BCUT2D eigenvalue weighted by Gasteiger charge is 2.29. The summed E-state index contributed by atoms with van der Waals surface area (Å²) in [5.41, 5.74) is 4.20. The van der Waals surface area contributed by atoms with Crippen LogP contribution >= 0.6 is 0 Å². The van der Waals surface area contributed by atoms with Gasteiger partial charge in [0.2, 0.25) is 5.91 Å². The lowest BCUT2D eigenvalue weighted by Crippen LogP contribution is -2.55. The van der Waals surface area contributed by atoms with Gasteiger partial charge in [-0.1, -0.05) is 0 Å². The van der Waals surface area contributed by atoms with Crippen LogP contribution in [0.3, 0.4) is 0 Å². The molecule has 13 heavy (non-hydrogen) atoms. The topological polar surface area (TPSA) is 81.4 Å². The Bertz CT molecular complexity index is 213. The number of carbonyl (C=O) groups excluding carboxylic acids is 2. The van der Waals surface area contributed by atoms with Crippen LogP contribution < -0.4 is 11.1 Å². The van der Waals surface area contributed by atoms with Crippen LogP contribution in [-0.2, 0) is 14.3 Å². The Labute approximate surface area is 77.6 Å². The fraction of sp³-hybridized carbons (Fsp3) is 0.750. The van der Waals surface area contributed by atoms with Gasteiger partial charge in [0.25, 0.3) is 0 Å². The zero-order valence-corrected chi connectivity index (χ0v) is 8.38. The quantitative estimate of drug-likeness (QED) is 0.577. The monoisotopic (exact) mass is 188 g/mol. The first-order valence-electron chi connectivity index (χ1n) is 3.96. The van der Waals surface area contributed by atoms with Gasteiger partial charge < -0.3 is 10.5 Å². The molecule has 5 heteroatoms. The number of hydrogen-bond acceptors (Lipinski definition) is 4. The standard InChI is InChI=1S/C8H16N2O3/c1-5(6(11)13-4)10-8(2,3)7(9)12/h5,10H,1-4H3,(H2,9,12). The summed E-state index contributed by atoms with van der Waals surface area (Å²) in [7, 11) is 1.29. The summed E-state index contributed by atoms with van der Waals surface area (Å²) >= 11 is 0. The fourth-order valence-corrected chi connectivity index (χ4v) is 0.848. The van der Waals surface area contributed by atoms with Crippen molar-refractivity contribution >= 4 is 11.9 Å². The molecule has 0 aromatic rings. The number of rotatable bonds is 4. The van der Waals surface area contributed by atoms with Crippen LogP contribution in [0.25, 0.3) is 0 Å². The lowest BCUT2D eigenvalue weighted by Gasteiger charge is -2.25. The van der Waals surface area contributed by atoms with Crippen molar-refractivity contribution in [2.75, 3.05) is 7.11 Å². The number of nitrogens with two attached hydrogens (primary N) is 1. The van der Waals surface area contributed by atoms with Gasteiger partial charge in [-0.3, -0.25) is 14.9 Å². The van der Waals surface area contributed by atoms with Crippen LogP contribution in [0.1, 0.15) is 20.8 Å². The second-order valence-electron chi connectivity index (χ2n) is 3.38. The zero-order valence-electron chi connectivity index (χ0n) is 8.38. The lowest BCUT2D eigenvalue weighted by atomic mass is 10.0. The molecule has 3 N–H and O–H groups in total. The maximum atomic E-state index is 11.0. The summed E-state index contributed by atoms with van der Waals surface area (Å²) in [6.45, 7) is 4.82. The largest absolute Gasteiger partial charge is 0.468 e. The average molecular weight is 188 g/mol. The van der Waals surface area contributed by atoms with E-state index < -0.39 is 23.5 Å². The third-order valence-electron chi connectivity index (χ3n) is 1.75. The molecule has 5 nitrogen and oxygen atoms in total. The molecule has 0 aromatic heterocycles.